The van der Waals surface area contributed by atoms with E-state index >= 15 is 0 Å². The average Bonchev–Trinajstić information content (AvgIpc) is 3.36. The number of fused-ring (bicyclic) bond motifs is 1. The topological polar surface area (TPSA) is 82.6 Å². The van der Waals surface area contributed by atoms with Gasteiger partial charge in [-0.1, -0.05) is 13.8 Å². The van der Waals surface area contributed by atoms with Crippen molar-refractivity contribution < 1.29 is 13.2 Å². The van der Waals surface area contributed by atoms with Crippen LogP contribution in [0.1, 0.15) is 37.9 Å². The highest BCUT2D eigenvalue weighted by molar-refractivity contribution is 7.93. The van der Waals surface area contributed by atoms with Gasteiger partial charge in [0.05, 0.1) is 17.1 Å². The van der Waals surface area contributed by atoms with Gasteiger partial charge in [-0.2, -0.15) is 0 Å². The van der Waals surface area contributed by atoms with E-state index in [4.69, 9.17) is 0 Å². The molecule has 156 valence electrons. The summed E-state index contributed by atoms with van der Waals surface area (Å²) in [5.74, 6) is 0.142. The second kappa shape index (κ2) is 7.28. The number of hydrogen-bond donors (Lipinski definition) is 1. The number of aromatic nitrogens is 1. The zero-order valence-electron chi connectivity index (χ0n) is 16.9. The number of nitrogens with one attached hydrogen (secondary N) is 1. The third-order valence-corrected chi connectivity index (χ3v) is 7.90. The van der Waals surface area contributed by atoms with E-state index in [1.807, 2.05) is 17.9 Å². The fourth-order valence-electron chi connectivity index (χ4n) is 4.09. The molecule has 1 aromatic carbocycles. The van der Waals surface area contributed by atoms with Crippen LogP contribution in [0.4, 0.5) is 10.8 Å². The van der Waals surface area contributed by atoms with Crippen molar-refractivity contribution in [3.05, 3.63) is 34.8 Å². The lowest BCUT2D eigenvalue weighted by Gasteiger charge is -2.24. The van der Waals surface area contributed by atoms with Crippen LogP contribution < -0.4 is 9.62 Å². The van der Waals surface area contributed by atoms with Gasteiger partial charge in [0.2, 0.25) is 5.91 Å². The van der Waals surface area contributed by atoms with Gasteiger partial charge < -0.3 is 9.80 Å². The van der Waals surface area contributed by atoms with Gasteiger partial charge in [-0.25, -0.2) is 13.4 Å². The molecule has 1 N–H and O–H groups in total. The summed E-state index contributed by atoms with van der Waals surface area (Å²) in [6, 6.07) is 5.16. The summed E-state index contributed by atoms with van der Waals surface area (Å²) >= 11 is 1.26. The number of aryl methyl sites for hydroxylation is 1. The zero-order chi connectivity index (χ0) is 20.8. The summed E-state index contributed by atoms with van der Waals surface area (Å²) in [5.41, 5.74) is 2.42. The van der Waals surface area contributed by atoms with Crippen molar-refractivity contribution in [1.29, 1.82) is 0 Å². The first-order valence-electron chi connectivity index (χ1n) is 9.78. The number of nitrogens with zero attached hydrogens (tertiary/aromatic N) is 3. The van der Waals surface area contributed by atoms with Crippen LogP contribution >= 0.6 is 11.3 Å². The third kappa shape index (κ3) is 3.98. The second-order valence-corrected chi connectivity index (χ2v) is 10.9. The number of sulfonamides is 1. The van der Waals surface area contributed by atoms with E-state index < -0.39 is 10.0 Å². The lowest BCUT2D eigenvalue weighted by Crippen LogP contribution is -2.40. The third-order valence-electron chi connectivity index (χ3n) is 5.56. The molecule has 0 unspecified atom stereocenters. The van der Waals surface area contributed by atoms with Crippen LogP contribution in [-0.4, -0.2) is 50.4 Å². The number of rotatable bonds is 5. The second-order valence-electron chi connectivity index (χ2n) is 8.41. The van der Waals surface area contributed by atoms with Crippen LogP contribution in [0.25, 0.3) is 0 Å². The molecule has 0 radical (unpaired) electrons. The minimum atomic E-state index is -3.72. The number of hydrogen-bond acceptors (Lipinski definition) is 6. The molecule has 0 atom stereocenters. The molecule has 4 rings (SSSR count). The lowest BCUT2D eigenvalue weighted by molar-refractivity contribution is -0.128. The molecule has 1 aromatic heterocycles. The minimum absolute atomic E-state index is 0.142. The molecule has 2 aliphatic rings. The van der Waals surface area contributed by atoms with Crippen LogP contribution in [0.15, 0.2) is 28.5 Å². The molecule has 0 saturated carbocycles. The molecular formula is C20H26N4O3S2. The maximum Gasteiger partial charge on any atom is 0.263 e. The Bertz CT molecular complexity index is 1040. The molecule has 0 spiro atoms. The van der Waals surface area contributed by atoms with Gasteiger partial charge >= 0.3 is 0 Å². The van der Waals surface area contributed by atoms with Gasteiger partial charge in [-0.3, -0.25) is 9.52 Å². The van der Waals surface area contributed by atoms with Crippen LogP contribution in [0.5, 0.6) is 0 Å². The van der Waals surface area contributed by atoms with Crippen molar-refractivity contribution in [3.63, 3.8) is 0 Å². The van der Waals surface area contributed by atoms with E-state index in [0.717, 1.165) is 42.9 Å². The number of amides is 1. The molecule has 1 amide bonds. The van der Waals surface area contributed by atoms with Gasteiger partial charge in [0.25, 0.3) is 10.0 Å². The maximum absolute atomic E-state index is 12.8. The first-order chi connectivity index (χ1) is 13.7. The summed E-state index contributed by atoms with van der Waals surface area (Å²) < 4.78 is 28.2. The Hall–Kier alpha value is -2.13. The van der Waals surface area contributed by atoms with Crippen molar-refractivity contribution in [3.8, 4) is 0 Å². The summed E-state index contributed by atoms with van der Waals surface area (Å²) in [6.07, 6.45) is 2.14. The van der Waals surface area contributed by atoms with Gasteiger partial charge in [-0.05, 0) is 43.5 Å². The van der Waals surface area contributed by atoms with E-state index in [1.54, 1.807) is 17.5 Å². The van der Waals surface area contributed by atoms with Crippen LogP contribution in [0.2, 0.25) is 0 Å². The number of carbonyl (C=O) groups excluding carboxylic acids is 1. The number of carbonyl (C=O) groups is 1. The first-order valence-corrected chi connectivity index (χ1v) is 12.1. The molecule has 1 saturated heterocycles. The van der Waals surface area contributed by atoms with Crippen molar-refractivity contribution in [2.24, 2.45) is 0 Å². The molecule has 29 heavy (non-hydrogen) atoms. The predicted molar refractivity (Wildman–Crippen MR) is 115 cm³/mol. The Labute approximate surface area is 175 Å². The highest BCUT2D eigenvalue weighted by Crippen LogP contribution is 2.41. The highest BCUT2D eigenvalue weighted by atomic mass is 32.2. The Morgan fingerprint density at radius 1 is 1.28 bits per heavy atom. The van der Waals surface area contributed by atoms with E-state index in [1.165, 1.54) is 11.3 Å². The van der Waals surface area contributed by atoms with Crippen molar-refractivity contribution in [1.82, 2.24) is 9.88 Å². The largest absolute Gasteiger partial charge is 0.361 e. The van der Waals surface area contributed by atoms with Gasteiger partial charge in [0.15, 0.2) is 5.13 Å². The molecule has 2 aromatic rings. The quantitative estimate of drug-likeness (QED) is 0.782. The molecule has 7 nitrogen and oxygen atoms in total. The molecule has 0 bridgehead atoms. The van der Waals surface area contributed by atoms with E-state index in [-0.39, 0.29) is 16.2 Å². The fraction of sp³-hybridized carbons (Fsp3) is 0.500. The molecule has 2 aliphatic heterocycles. The van der Waals surface area contributed by atoms with E-state index in [0.29, 0.717) is 18.2 Å². The fourth-order valence-corrected chi connectivity index (χ4v) is 6.06. The average molecular weight is 435 g/mol. The van der Waals surface area contributed by atoms with Gasteiger partial charge in [0, 0.05) is 36.1 Å². The molecule has 1 fully saturated rings. The number of thiazole rings is 1. The molecule has 9 heteroatoms. The first kappa shape index (κ1) is 20.2. The Morgan fingerprint density at radius 3 is 2.66 bits per heavy atom. The van der Waals surface area contributed by atoms with Crippen LogP contribution in [0, 0.1) is 6.92 Å². The van der Waals surface area contributed by atoms with E-state index in [2.05, 4.69) is 28.5 Å². The van der Waals surface area contributed by atoms with Crippen LogP contribution in [0.3, 0.4) is 0 Å². The lowest BCUT2D eigenvalue weighted by atomic mass is 9.87. The van der Waals surface area contributed by atoms with Gasteiger partial charge in [-0.15, -0.1) is 11.3 Å². The zero-order valence-corrected chi connectivity index (χ0v) is 18.6. The molecular weight excluding hydrogens is 408 g/mol. The predicted octanol–water partition coefficient (Wildman–Crippen LogP) is 2.97. The van der Waals surface area contributed by atoms with Crippen LogP contribution in [-0.2, 0) is 20.2 Å². The summed E-state index contributed by atoms with van der Waals surface area (Å²) in [5, 5.41) is 2.17. The Balaban J connectivity index is 1.59. The smallest absolute Gasteiger partial charge is 0.263 e. The summed E-state index contributed by atoms with van der Waals surface area (Å²) in [4.78, 5) is 21.0. The maximum atomic E-state index is 12.8. The minimum Gasteiger partial charge on any atom is -0.361 e. The number of benzene rings is 1. The van der Waals surface area contributed by atoms with Crippen molar-refractivity contribution >= 4 is 38.1 Å². The number of likely N-dealkylation sites (tertiary alicyclic amines) is 1. The Morgan fingerprint density at radius 2 is 2.00 bits per heavy atom. The normalized spacial score (nSPS) is 18.2. The Kier molecular flexibility index (Phi) is 5.06. The van der Waals surface area contributed by atoms with Crippen molar-refractivity contribution in [2.75, 3.05) is 35.8 Å². The van der Waals surface area contributed by atoms with E-state index in [9.17, 15) is 13.2 Å². The molecule has 3 heterocycles. The van der Waals surface area contributed by atoms with Crippen molar-refractivity contribution in [2.45, 2.75) is 43.9 Å². The standard InChI is InChI=1S/C20H26N4O3S2/c1-14-12-28-19(21-14)22-29(26,27)15-6-7-17-16(10-15)20(2,3)13-24(17)11-18(25)23-8-4-5-9-23/h6-7,10,12H,4-5,8-9,11,13H2,1-3H3,(H,21,22). The SMILES string of the molecule is Cc1csc(NS(=O)(=O)c2ccc3c(c2)C(C)(C)CN3CC(=O)N2CCCC2)n1. The highest BCUT2D eigenvalue weighted by Gasteiger charge is 2.37. The van der Waals surface area contributed by atoms with Gasteiger partial charge in [0.1, 0.15) is 0 Å². The summed E-state index contributed by atoms with van der Waals surface area (Å²) in [7, 11) is -3.72. The summed E-state index contributed by atoms with van der Waals surface area (Å²) in [6.45, 7) is 8.68. The molecule has 0 aliphatic carbocycles. The monoisotopic (exact) mass is 434 g/mol. The number of anilines is 2.